The van der Waals surface area contributed by atoms with E-state index < -0.39 is 0 Å². The molecule has 2 rings (SSSR count). The van der Waals surface area contributed by atoms with Crippen LogP contribution in [0.2, 0.25) is 0 Å². The van der Waals surface area contributed by atoms with Gasteiger partial charge in [0, 0.05) is 42.9 Å². The largest absolute Gasteiger partial charge is 0.395 e. The van der Waals surface area contributed by atoms with E-state index >= 15 is 0 Å². The van der Waals surface area contributed by atoms with E-state index in [1.165, 1.54) is 24.1 Å². The summed E-state index contributed by atoms with van der Waals surface area (Å²) in [6, 6.07) is 6.96. The first-order valence-electron chi connectivity index (χ1n) is 7.12. The van der Waals surface area contributed by atoms with E-state index in [0.29, 0.717) is 12.6 Å². The van der Waals surface area contributed by atoms with Gasteiger partial charge in [0.05, 0.1) is 13.2 Å². The molecule has 0 amide bonds. The van der Waals surface area contributed by atoms with Crippen molar-refractivity contribution in [3.05, 3.63) is 28.2 Å². The average Bonchev–Trinajstić information content (AvgIpc) is 3.27. The molecule has 0 aliphatic heterocycles. The smallest absolute Gasteiger partial charge is 0.0606 e. The lowest BCUT2D eigenvalue weighted by Crippen LogP contribution is -2.30. The van der Waals surface area contributed by atoms with Gasteiger partial charge in [-0.15, -0.1) is 0 Å². The second kappa shape index (κ2) is 7.98. The van der Waals surface area contributed by atoms with Crippen molar-refractivity contribution in [2.24, 2.45) is 0 Å². The maximum atomic E-state index is 9.30. The predicted molar refractivity (Wildman–Crippen MR) is 85.2 cm³/mol. The fourth-order valence-electron chi connectivity index (χ4n) is 2.34. The summed E-state index contributed by atoms with van der Waals surface area (Å²) in [5.74, 6) is 0. The molecule has 0 radical (unpaired) electrons. The normalized spacial score (nSPS) is 14.6. The Morgan fingerprint density at radius 3 is 2.90 bits per heavy atom. The van der Waals surface area contributed by atoms with Crippen LogP contribution in [0.4, 0.5) is 5.69 Å². The summed E-state index contributed by atoms with van der Waals surface area (Å²) in [4.78, 5) is 2.33. The fraction of sp³-hybridized carbons (Fsp3) is 0.600. The molecule has 4 nitrogen and oxygen atoms in total. The third-order valence-corrected chi connectivity index (χ3v) is 3.98. The highest BCUT2D eigenvalue weighted by atomic mass is 79.9. The van der Waals surface area contributed by atoms with E-state index in [0.717, 1.165) is 24.2 Å². The number of methoxy groups -OCH3 is 1. The molecule has 1 aromatic carbocycles. The van der Waals surface area contributed by atoms with Crippen molar-refractivity contribution >= 4 is 21.6 Å². The Hall–Kier alpha value is -0.620. The SMILES string of the molecule is COCCNCc1ccc(Br)cc1N(CCO)C1CC1. The molecule has 20 heavy (non-hydrogen) atoms. The Morgan fingerprint density at radius 2 is 2.25 bits per heavy atom. The molecule has 2 N–H and O–H groups in total. The van der Waals surface area contributed by atoms with E-state index in [-0.39, 0.29) is 6.61 Å². The third kappa shape index (κ3) is 4.45. The van der Waals surface area contributed by atoms with Crippen molar-refractivity contribution in [2.75, 3.05) is 38.3 Å². The fourth-order valence-corrected chi connectivity index (χ4v) is 2.69. The zero-order valence-corrected chi connectivity index (χ0v) is 13.5. The Bertz CT molecular complexity index is 424. The predicted octanol–water partition coefficient (Wildman–Crippen LogP) is 2.15. The minimum absolute atomic E-state index is 0.194. The van der Waals surface area contributed by atoms with Gasteiger partial charge in [-0.25, -0.2) is 0 Å². The number of halogens is 1. The molecule has 1 aliphatic carbocycles. The molecule has 1 fully saturated rings. The molecular weight excluding hydrogens is 320 g/mol. The summed E-state index contributed by atoms with van der Waals surface area (Å²) in [7, 11) is 1.71. The van der Waals surface area contributed by atoms with Crippen molar-refractivity contribution in [1.29, 1.82) is 0 Å². The van der Waals surface area contributed by atoms with Crippen molar-refractivity contribution in [3.63, 3.8) is 0 Å². The van der Waals surface area contributed by atoms with Gasteiger partial charge in [-0.1, -0.05) is 22.0 Å². The van der Waals surface area contributed by atoms with E-state index in [1.54, 1.807) is 7.11 Å². The molecule has 0 saturated heterocycles. The van der Waals surface area contributed by atoms with Gasteiger partial charge in [-0.3, -0.25) is 0 Å². The number of aliphatic hydroxyl groups excluding tert-OH is 1. The molecule has 112 valence electrons. The van der Waals surface area contributed by atoms with Crippen LogP contribution in [0.5, 0.6) is 0 Å². The molecule has 0 atom stereocenters. The molecule has 0 heterocycles. The highest BCUT2D eigenvalue weighted by Gasteiger charge is 2.30. The molecule has 1 saturated carbocycles. The van der Waals surface area contributed by atoms with Crippen LogP contribution in [0.1, 0.15) is 18.4 Å². The van der Waals surface area contributed by atoms with Crippen LogP contribution < -0.4 is 10.2 Å². The summed E-state index contributed by atoms with van der Waals surface area (Å²) in [5, 5.41) is 12.7. The van der Waals surface area contributed by atoms with Crippen molar-refractivity contribution in [1.82, 2.24) is 5.32 Å². The second-order valence-corrected chi connectivity index (χ2v) is 6.01. The standard InChI is InChI=1S/C15H23BrN2O2/c1-20-9-6-17-11-12-2-3-13(16)10-15(12)18(7-8-19)14-4-5-14/h2-3,10,14,17,19H,4-9,11H2,1H3. The monoisotopic (exact) mass is 342 g/mol. The van der Waals surface area contributed by atoms with Gasteiger partial charge >= 0.3 is 0 Å². The number of nitrogens with zero attached hydrogens (tertiary/aromatic N) is 1. The van der Waals surface area contributed by atoms with E-state index in [2.05, 4.69) is 44.3 Å². The van der Waals surface area contributed by atoms with Crippen molar-refractivity contribution < 1.29 is 9.84 Å². The summed E-state index contributed by atoms with van der Waals surface area (Å²) >= 11 is 3.55. The summed E-state index contributed by atoms with van der Waals surface area (Å²) in [6.45, 7) is 3.27. The number of benzene rings is 1. The zero-order valence-electron chi connectivity index (χ0n) is 11.9. The van der Waals surface area contributed by atoms with Gasteiger partial charge < -0.3 is 20.1 Å². The highest BCUT2D eigenvalue weighted by molar-refractivity contribution is 9.10. The zero-order chi connectivity index (χ0) is 14.4. The minimum Gasteiger partial charge on any atom is -0.395 e. The first kappa shape index (κ1) is 15.8. The first-order chi connectivity index (χ1) is 9.76. The molecule has 1 aromatic rings. The van der Waals surface area contributed by atoms with Gasteiger partial charge in [0.1, 0.15) is 0 Å². The van der Waals surface area contributed by atoms with Crippen LogP contribution in [-0.4, -0.2) is 44.6 Å². The van der Waals surface area contributed by atoms with Crippen LogP contribution in [0.3, 0.4) is 0 Å². The number of anilines is 1. The average molecular weight is 343 g/mol. The molecule has 5 heteroatoms. The Labute approximate surface area is 129 Å². The second-order valence-electron chi connectivity index (χ2n) is 5.09. The van der Waals surface area contributed by atoms with E-state index in [4.69, 9.17) is 4.74 Å². The molecular formula is C15H23BrN2O2. The lowest BCUT2D eigenvalue weighted by atomic mass is 10.1. The van der Waals surface area contributed by atoms with Crippen LogP contribution in [-0.2, 0) is 11.3 Å². The number of hydrogen-bond donors (Lipinski definition) is 2. The highest BCUT2D eigenvalue weighted by Crippen LogP contribution is 2.34. The van der Waals surface area contributed by atoms with Gasteiger partial charge in [0.15, 0.2) is 0 Å². The number of nitrogens with one attached hydrogen (secondary N) is 1. The molecule has 0 aromatic heterocycles. The van der Waals surface area contributed by atoms with Crippen LogP contribution in [0.25, 0.3) is 0 Å². The quantitative estimate of drug-likeness (QED) is 0.675. The maximum Gasteiger partial charge on any atom is 0.0606 e. The Kier molecular flexibility index (Phi) is 6.29. The maximum absolute atomic E-state index is 9.30. The Morgan fingerprint density at radius 1 is 1.45 bits per heavy atom. The van der Waals surface area contributed by atoms with Crippen molar-refractivity contribution in [2.45, 2.75) is 25.4 Å². The van der Waals surface area contributed by atoms with Crippen LogP contribution >= 0.6 is 15.9 Å². The number of aliphatic hydroxyl groups is 1. The lowest BCUT2D eigenvalue weighted by molar-refractivity contribution is 0.199. The molecule has 0 bridgehead atoms. The van der Waals surface area contributed by atoms with E-state index in [9.17, 15) is 5.11 Å². The van der Waals surface area contributed by atoms with E-state index in [1.807, 2.05) is 0 Å². The number of hydrogen-bond acceptors (Lipinski definition) is 4. The van der Waals surface area contributed by atoms with Crippen LogP contribution in [0, 0.1) is 0 Å². The Balaban J connectivity index is 2.09. The van der Waals surface area contributed by atoms with Crippen LogP contribution in [0.15, 0.2) is 22.7 Å². The van der Waals surface area contributed by atoms with Gasteiger partial charge in [-0.05, 0) is 30.5 Å². The topological polar surface area (TPSA) is 44.7 Å². The molecule has 0 spiro atoms. The summed E-state index contributed by atoms with van der Waals surface area (Å²) in [6.07, 6.45) is 2.45. The summed E-state index contributed by atoms with van der Waals surface area (Å²) < 4.78 is 6.13. The molecule has 0 unspecified atom stereocenters. The van der Waals surface area contributed by atoms with Gasteiger partial charge in [0.2, 0.25) is 0 Å². The summed E-state index contributed by atoms with van der Waals surface area (Å²) in [5.41, 5.74) is 2.49. The van der Waals surface area contributed by atoms with Gasteiger partial charge in [0.25, 0.3) is 0 Å². The first-order valence-corrected chi connectivity index (χ1v) is 7.91. The van der Waals surface area contributed by atoms with Gasteiger partial charge in [-0.2, -0.15) is 0 Å². The number of ether oxygens (including phenoxy) is 1. The minimum atomic E-state index is 0.194. The number of rotatable bonds is 9. The lowest BCUT2D eigenvalue weighted by Gasteiger charge is -2.27. The van der Waals surface area contributed by atoms with Crippen molar-refractivity contribution in [3.8, 4) is 0 Å². The molecule has 1 aliphatic rings. The third-order valence-electron chi connectivity index (χ3n) is 3.48.